The number of methoxy groups -OCH3 is 2. The Morgan fingerprint density at radius 1 is 1.05 bits per heavy atom. The van der Waals surface area contributed by atoms with Crippen LogP contribution in [0.25, 0.3) is 0 Å². The molecule has 0 aliphatic heterocycles. The zero-order valence-corrected chi connectivity index (χ0v) is 12.7. The quantitative estimate of drug-likeness (QED) is 0.734. The van der Waals surface area contributed by atoms with Crippen LogP contribution in [0.2, 0.25) is 0 Å². The molecule has 0 bridgehead atoms. The fourth-order valence-electron chi connectivity index (χ4n) is 2.07. The minimum absolute atomic E-state index is 0.0367. The van der Waals surface area contributed by atoms with E-state index in [2.05, 4.69) is 13.8 Å². The Kier molecular flexibility index (Phi) is 5.40. The molecule has 0 saturated carbocycles. The number of Topliss-reactive ketones (excluding diaryl/α,β-unsaturated/α-hetero) is 1. The summed E-state index contributed by atoms with van der Waals surface area (Å²) < 4.78 is 10.9. The van der Waals surface area contributed by atoms with Gasteiger partial charge in [-0.05, 0) is 24.5 Å². The SMILES string of the molecule is COc1cc(C(=O)C(C)C)cc(OC)c1CC(C)C. The van der Waals surface area contributed by atoms with Crippen LogP contribution < -0.4 is 9.47 Å². The van der Waals surface area contributed by atoms with Gasteiger partial charge in [0.05, 0.1) is 14.2 Å². The molecule has 0 fully saturated rings. The summed E-state index contributed by atoms with van der Waals surface area (Å²) in [6, 6.07) is 3.64. The van der Waals surface area contributed by atoms with E-state index in [1.165, 1.54) is 0 Å². The Hall–Kier alpha value is -1.51. The van der Waals surface area contributed by atoms with E-state index in [0.717, 1.165) is 23.5 Å². The average Bonchev–Trinajstić information content (AvgIpc) is 2.37. The van der Waals surface area contributed by atoms with Gasteiger partial charge in [0, 0.05) is 17.0 Å². The molecule has 0 aromatic heterocycles. The minimum atomic E-state index is -0.0367. The van der Waals surface area contributed by atoms with Crippen molar-refractivity contribution in [2.45, 2.75) is 34.1 Å². The van der Waals surface area contributed by atoms with Crippen LogP contribution in [0.3, 0.4) is 0 Å². The van der Waals surface area contributed by atoms with Crippen LogP contribution in [0.4, 0.5) is 0 Å². The summed E-state index contributed by atoms with van der Waals surface area (Å²) in [4.78, 5) is 12.1. The van der Waals surface area contributed by atoms with E-state index in [1.54, 1.807) is 14.2 Å². The fraction of sp³-hybridized carbons (Fsp3) is 0.562. The van der Waals surface area contributed by atoms with Crippen LogP contribution in [0.15, 0.2) is 12.1 Å². The van der Waals surface area contributed by atoms with Crippen LogP contribution in [0.1, 0.15) is 43.6 Å². The third kappa shape index (κ3) is 3.72. The zero-order chi connectivity index (χ0) is 14.6. The first-order valence-corrected chi connectivity index (χ1v) is 6.69. The smallest absolute Gasteiger partial charge is 0.165 e. The maximum Gasteiger partial charge on any atom is 0.165 e. The lowest BCUT2D eigenvalue weighted by atomic mass is 9.95. The van der Waals surface area contributed by atoms with E-state index in [1.807, 2.05) is 26.0 Å². The number of ketones is 1. The second kappa shape index (κ2) is 6.60. The summed E-state index contributed by atoms with van der Waals surface area (Å²) >= 11 is 0. The van der Waals surface area contributed by atoms with Gasteiger partial charge in [-0.25, -0.2) is 0 Å². The topological polar surface area (TPSA) is 35.5 Å². The third-order valence-electron chi connectivity index (χ3n) is 3.03. The second-order valence-corrected chi connectivity index (χ2v) is 5.48. The Labute approximate surface area is 115 Å². The number of benzene rings is 1. The van der Waals surface area contributed by atoms with Crippen LogP contribution in [-0.4, -0.2) is 20.0 Å². The van der Waals surface area contributed by atoms with Gasteiger partial charge in [0.2, 0.25) is 0 Å². The summed E-state index contributed by atoms with van der Waals surface area (Å²) in [6.45, 7) is 8.07. The largest absolute Gasteiger partial charge is 0.496 e. The molecule has 0 amide bonds. The van der Waals surface area contributed by atoms with Gasteiger partial charge in [0.15, 0.2) is 5.78 Å². The lowest BCUT2D eigenvalue weighted by molar-refractivity contribution is 0.0938. The molecular formula is C16H24O3. The van der Waals surface area contributed by atoms with Gasteiger partial charge < -0.3 is 9.47 Å². The molecule has 0 spiro atoms. The lowest BCUT2D eigenvalue weighted by Gasteiger charge is -2.17. The van der Waals surface area contributed by atoms with E-state index in [4.69, 9.17) is 9.47 Å². The van der Waals surface area contributed by atoms with Gasteiger partial charge >= 0.3 is 0 Å². The summed E-state index contributed by atoms with van der Waals surface area (Å²) in [5.74, 6) is 2.03. The normalized spacial score (nSPS) is 10.9. The first kappa shape index (κ1) is 15.5. The van der Waals surface area contributed by atoms with Gasteiger partial charge in [0.25, 0.3) is 0 Å². The van der Waals surface area contributed by atoms with Crippen molar-refractivity contribution in [2.75, 3.05) is 14.2 Å². The molecule has 0 unspecified atom stereocenters. The van der Waals surface area contributed by atoms with Gasteiger partial charge in [-0.1, -0.05) is 27.7 Å². The van der Waals surface area contributed by atoms with Crippen LogP contribution >= 0.6 is 0 Å². The third-order valence-corrected chi connectivity index (χ3v) is 3.03. The molecule has 106 valence electrons. The Balaban J connectivity index is 3.31. The first-order valence-electron chi connectivity index (χ1n) is 6.69. The van der Waals surface area contributed by atoms with Crippen molar-refractivity contribution in [1.82, 2.24) is 0 Å². The van der Waals surface area contributed by atoms with Crippen molar-refractivity contribution in [3.05, 3.63) is 23.3 Å². The summed E-state index contributed by atoms with van der Waals surface area (Å²) in [5, 5.41) is 0. The fourth-order valence-corrected chi connectivity index (χ4v) is 2.07. The molecule has 0 atom stereocenters. The first-order chi connectivity index (χ1) is 8.90. The lowest BCUT2D eigenvalue weighted by Crippen LogP contribution is -2.10. The van der Waals surface area contributed by atoms with Crippen molar-refractivity contribution in [2.24, 2.45) is 11.8 Å². The molecule has 0 aliphatic rings. The van der Waals surface area contributed by atoms with E-state index >= 15 is 0 Å². The maximum absolute atomic E-state index is 12.1. The molecule has 0 radical (unpaired) electrons. The summed E-state index contributed by atoms with van der Waals surface area (Å²) in [7, 11) is 3.25. The molecule has 1 aromatic rings. The molecule has 1 aromatic carbocycles. The van der Waals surface area contributed by atoms with Gasteiger partial charge in [0.1, 0.15) is 11.5 Å². The van der Waals surface area contributed by atoms with Crippen molar-refractivity contribution in [3.8, 4) is 11.5 Å². The predicted molar refractivity (Wildman–Crippen MR) is 77.3 cm³/mol. The van der Waals surface area contributed by atoms with Crippen molar-refractivity contribution in [1.29, 1.82) is 0 Å². The van der Waals surface area contributed by atoms with Crippen LogP contribution in [-0.2, 0) is 6.42 Å². The number of hydrogen-bond acceptors (Lipinski definition) is 3. The highest BCUT2D eigenvalue weighted by atomic mass is 16.5. The molecule has 0 heterocycles. The number of hydrogen-bond donors (Lipinski definition) is 0. The Morgan fingerprint density at radius 3 is 1.84 bits per heavy atom. The average molecular weight is 264 g/mol. The molecule has 0 N–H and O–H groups in total. The van der Waals surface area contributed by atoms with E-state index < -0.39 is 0 Å². The highest BCUT2D eigenvalue weighted by molar-refractivity contribution is 5.98. The number of carbonyl (C=O) groups excluding carboxylic acids is 1. The maximum atomic E-state index is 12.1. The standard InChI is InChI=1S/C16H24O3/c1-10(2)7-13-14(18-5)8-12(9-15(13)19-6)16(17)11(3)4/h8-11H,7H2,1-6H3. The van der Waals surface area contributed by atoms with Crippen molar-refractivity contribution >= 4 is 5.78 Å². The number of ether oxygens (including phenoxy) is 2. The highest BCUT2D eigenvalue weighted by Gasteiger charge is 2.18. The molecule has 0 aliphatic carbocycles. The van der Waals surface area contributed by atoms with E-state index in [9.17, 15) is 4.79 Å². The number of rotatable bonds is 6. The predicted octanol–water partition coefficient (Wildman–Crippen LogP) is 3.74. The van der Waals surface area contributed by atoms with Gasteiger partial charge in [-0.15, -0.1) is 0 Å². The Morgan fingerprint density at radius 2 is 1.53 bits per heavy atom. The molecule has 1 rings (SSSR count). The van der Waals surface area contributed by atoms with Crippen LogP contribution in [0, 0.1) is 11.8 Å². The number of carbonyl (C=O) groups is 1. The molecule has 3 nitrogen and oxygen atoms in total. The Bertz CT molecular complexity index is 422. The molecule has 0 saturated heterocycles. The summed E-state index contributed by atoms with van der Waals surface area (Å²) in [5.41, 5.74) is 1.68. The van der Waals surface area contributed by atoms with Crippen LogP contribution in [0.5, 0.6) is 11.5 Å². The second-order valence-electron chi connectivity index (χ2n) is 5.48. The van der Waals surface area contributed by atoms with E-state index in [0.29, 0.717) is 11.5 Å². The molecular weight excluding hydrogens is 240 g/mol. The van der Waals surface area contributed by atoms with E-state index in [-0.39, 0.29) is 11.7 Å². The van der Waals surface area contributed by atoms with Gasteiger partial charge in [-0.2, -0.15) is 0 Å². The van der Waals surface area contributed by atoms with Gasteiger partial charge in [-0.3, -0.25) is 4.79 Å². The summed E-state index contributed by atoms with van der Waals surface area (Å²) in [6.07, 6.45) is 0.864. The monoisotopic (exact) mass is 264 g/mol. The molecule has 3 heteroatoms. The van der Waals surface area contributed by atoms with Crippen molar-refractivity contribution < 1.29 is 14.3 Å². The minimum Gasteiger partial charge on any atom is -0.496 e. The zero-order valence-electron chi connectivity index (χ0n) is 12.7. The van der Waals surface area contributed by atoms with Crippen molar-refractivity contribution in [3.63, 3.8) is 0 Å². The molecule has 19 heavy (non-hydrogen) atoms. The highest BCUT2D eigenvalue weighted by Crippen LogP contribution is 2.33.